The van der Waals surface area contributed by atoms with Crippen LogP contribution in [0.3, 0.4) is 0 Å². The van der Waals surface area contributed by atoms with Crippen molar-refractivity contribution < 1.29 is 4.79 Å². The zero-order valence-electron chi connectivity index (χ0n) is 7.08. The van der Waals surface area contributed by atoms with Crippen molar-refractivity contribution in [3.8, 4) is 0 Å². The van der Waals surface area contributed by atoms with E-state index in [4.69, 9.17) is 0 Å². The molecule has 1 saturated carbocycles. The van der Waals surface area contributed by atoms with E-state index < -0.39 is 0 Å². The molecule has 1 aromatic heterocycles. The Bertz CT molecular complexity index is 316. The molecule has 1 aliphatic carbocycles. The number of carbonyl (C=O) groups excluding carboxylic acids is 1. The van der Waals surface area contributed by atoms with Gasteiger partial charge in [-0.3, -0.25) is 9.78 Å². The number of aryl methyl sites for hydroxylation is 1. The molecule has 0 bridgehead atoms. The largest absolute Gasteiger partial charge is 0.298 e. The smallest absolute Gasteiger partial charge is 0.150 e. The van der Waals surface area contributed by atoms with Crippen LogP contribution < -0.4 is 0 Å². The Kier molecular flexibility index (Phi) is 1.68. The second-order valence-corrected chi connectivity index (χ2v) is 3.36. The van der Waals surface area contributed by atoms with Crippen molar-refractivity contribution in [2.24, 2.45) is 0 Å². The predicted molar refractivity (Wildman–Crippen MR) is 46.3 cm³/mol. The van der Waals surface area contributed by atoms with Gasteiger partial charge in [-0.05, 0) is 31.9 Å². The summed E-state index contributed by atoms with van der Waals surface area (Å²) in [7, 11) is 0. The van der Waals surface area contributed by atoms with Crippen LogP contribution >= 0.6 is 0 Å². The van der Waals surface area contributed by atoms with Crippen molar-refractivity contribution in [2.45, 2.75) is 25.7 Å². The van der Waals surface area contributed by atoms with E-state index in [0.717, 1.165) is 23.2 Å². The first-order chi connectivity index (χ1) is 5.79. The summed E-state index contributed by atoms with van der Waals surface area (Å²) in [5, 5.41) is 0. The third-order valence-corrected chi connectivity index (χ3v) is 2.13. The van der Waals surface area contributed by atoms with Crippen molar-refractivity contribution in [2.75, 3.05) is 0 Å². The third kappa shape index (κ3) is 1.37. The zero-order valence-corrected chi connectivity index (χ0v) is 7.08. The van der Waals surface area contributed by atoms with Gasteiger partial charge in [-0.25, -0.2) is 0 Å². The molecule has 62 valence electrons. The SMILES string of the molecule is Cc1cc(C=O)cc(C2CC2)n1. The van der Waals surface area contributed by atoms with Crippen molar-refractivity contribution in [3.63, 3.8) is 0 Å². The monoisotopic (exact) mass is 161 g/mol. The summed E-state index contributed by atoms with van der Waals surface area (Å²) < 4.78 is 0. The highest BCUT2D eigenvalue weighted by Gasteiger charge is 2.25. The fraction of sp³-hybridized carbons (Fsp3) is 0.400. The van der Waals surface area contributed by atoms with Crippen molar-refractivity contribution in [3.05, 3.63) is 29.1 Å². The Morgan fingerprint density at radius 1 is 1.50 bits per heavy atom. The number of rotatable bonds is 2. The van der Waals surface area contributed by atoms with E-state index in [1.54, 1.807) is 0 Å². The van der Waals surface area contributed by atoms with Gasteiger partial charge in [0.25, 0.3) is 0 Å². The lowest BCUT2D eigenvalue weighted by Crippen LogP contribution is -1.92. The first-order valence-electron chi connectivity index (χ1n) is 4.23. The maximum Gasteiger partial charge on any atom is 0.150 e. The van der Waals surface area contributed by atoms with E-state index in [0.29, 0.717) is 5.92 Å². The third-order valence-electron chi connectivity index (χ3n) is 2.13. The highest BCUT2D eigenvalue weighted by molar-refractivity contribution is 5.75. The fourth-order valence-corrected chi connectivity index (χ4v) is 1.38. The molecule has 0 atom stereocenters. The van der Waals surface area contributed by atoms with Gasteiger partial charge in [-0.15, -0.1) is 0 Å². The molecule has 1 aliphatic rings. The summed E-state index contributed by atoms with van der Waals surface area (Å²) in [6.07, 6.45) is 3.35. The molecule has 2 nitrogen and oxygen atoms in total. The molecule has 0 aliphatic heterocycles. The van der Waals surface area contributed by atoms with E-state index in [1.807, 2.05) is 19.1 Å². The summed E-state index contributed by atoms with van der Waals surface area (Å²) in [6, 6.07) is 3.72. The topological polar surface area (TPSA) is 30.0 Å². The van der Waals surface area contributed by atoms with Crippen LogP contribution in [-0.2, 0) is 0 Å². The first kappa shape index (κ1) is 7.47. The average molecular weight is 161 g/mol. The number of nitrogens with zero attached hydrogens (tertiary/aromatic N) is 1. The van der Waals surface area contributed by atoms with Crippen LogP contribution in [0.1, 0.15) is 40.5 Å². The van der Waals surface area contributed by atoms with Crippen molar-refractivity contribution in [1.82, 2.24) is 4.98 Å². The van der Waals surface area contributed by atoms with Gasteiger partial charge in [-0.1, -0.05) is 0 Å². The summed E-state index contributed by atoms with van der Waals surface area (Å²) in [4.78, 5) is 14.9. The number of pyridine rings is 1. The molecule has 0 spiro atoms. The normalized spacial score (nSPS) is 16.1. The minimum Gasteiger partial charge on any atom is -0.298 e. The van der Waals surface area contributed by atoms with Crippen LogP contribution in [0.25, 0.3) is 0 Å². The minimum absolute atomic E-state index is 0.628. The molecule has 12 heavy (non-hydrogen) atoms. The van der Waals surface area contributed by atoms with E-state index in [9.17, 15) is 4.79 Å². The Balaban J connectivity index is 2.40. The van der Waals surface area contributed by atoms with E-state index in [-0.39, 0.29) is 0 Å². The predicted octanol–water partition coefficient (Wildman–Crippen LogP) is 2.08. The van der Waals surface area contributed by atoms with Gasteiger partial charge in [-0.2, -0.15) is 0 Å². The van der Waals surface area contributed by atoms with Gasteiger partial charge in [0.05, 0.1) is 0 Å². The van der Waals surface area contributed by atoms with Crippen molar-refractivity contribution in [1.29, 1.82) is 0 Å². The second-order valence-electron chi connectivity index (χ2n) is 3.36. The van der Waals surface area contributed by atoms with Gasteiger partial charge >= 0.3 is 0 Å². The standard InChI is InChI=1S/C10H11NO/c1-7-4-8(6-12)5-10(11-7)9-2-3-9/h4-6,9H,2-3H2,1H3. The van der Waals surface area contributed by atoms with Crippen LogP contribution in [0.5, 0.6) is 0 Å². The minimum atomic E-state index is 0.628. The van der Waals surface area contributed by atoms with Crippen LogP contribution in [-0.4, -0.2) is 11.3 Å². The Morgan fingerprint density at radius 3 is 2.83 bits per heavy atom. The Labute approximate surface area is 71.6 Å². The Hall–Kier alpha value is -1.18. The highest BCUT2D eigenvalue weighted by atomic mass is 16.1. The van der Waals surface area contributed by atoms with Crippen molar-refractivity contribution >= 4 is 6.29 Å². The lowest BCUT2D eigenvalue weighted by atomic mass is 10.1. The van der Waals surface area contributed by atoms with Gasteiger partial charge in [0, 0.05) is 22.9 Å². The van der Waals surface area contributed by atoms with Crippen LogP contribution in [0.2, 0.25) is 0 Å². The summed E-state index contributed by atoms with van der Waals surface area (Å²) >= 11 is 0. The number of hydrogen-bond acceptors (Lipinski definition) is 2. The molecular formula is C10H11NO. The summed E-state index contributed by atoms with van der Waals surface area (Å²) in [5.74, 6) is 0.628. The molecule has 1 fully saturated rings. The maximum atomic E-state index is 10.5. The number of hydrogen-bond donors (Lipinski definition) is 0. The fourth-order valence-electron chi connectivity index (χ4n) is 1.38. The highest BCUT2D eigenvalue weighted by Crippen LogP contribution is 2.39. The molecule has 2 heteroatoms. The molecule has 0 amide bonds. The van der Waals surface area contributed by atoms with Gasteiger partial charge in [0.15, 0.2) is 0 Å². The zero-order chi connectivity index (χ0) is 8.55. The van der Waals surface area contributed by atoms with Gasteiger partial charge in [0.1, 0.15) is 6.29 Å². The van der Waals surface area contributed by atoms with E-state index >= 15 is 0 Å². The summed E-state index contributed by atoms with van der Waals surface area (Å²) in [5.41, 5.74) is 2.79. The van der Waals surface area contributed by atoms with E-state index in [1.165, 1.54) is 12.8 Å². The lowest BCUT2D eigenvalue weighted by Gasteiger charge is -2.00. The molecule has 0 unspecified atom stereocenters. The quantitative estimate of drug-likeness (QED) is 0.621. The molecule has 0 saturated heterocycles. The van der Waals surface area contributed by atoms with Gasteiger partial charge in [0.2, 0.25) is 0 Å². The number of aromatic nitrogens is 1. The molecule has 0 aromatic carbocycles. The van der Waals surface area contributed by atoms with Crippen LogP contribution in [0.4, 0.5) is 0 Å². The number of carbonyl (C=O) groups is 1. The van der Waals surface area contributed by atoms with Crippen LogP contribution in [0, 0.1) is 6.92 Å². The average Bonchev–Trinajstić information content (AvgIpc) is 2.85. The summed E-state index contributed by atoms with van der Waals surface area (Å²) in [6.45, 7) is 1.93. The van der Waals surface area contributed by atoms with E-state index in [2.05, 4.69) is 4.98 Å². The van der Waals surface area contributed by atoms with Gasteiger partial charge < -0.3 is 0 Å². The lowest BCUT2D eigenvalue weighted by molar-refractivity contribution is 0.112. The number of aldehydes is 1. The van der Waals surface area contributed by atoms with Crippen LogP contribution in [0.15, 0.2) is 12.1 Å². The molecule has 1 heterocycles. The molecule has 0 radical (unpaired) electrons. The molecular weight excluding hydrogens is 150 g/mol. The Morgan fingerprint density at radius 2 is 2.25 bits per heavy atom. The molecule has 2 rings (SSSR count). The molecule has 1 aromatic rings. The second kappa shape index (κ2) is 2.70. The maximum absolute atomic E-state index is 10.5. The first-order valence-corrected chi connectivity index (χ1v) is 4.23. The molecule has 0 N–H and O–H groups in total.